The van der Waals surface area contributed by atoms with Crippen LogP contribution in [0, 0.1) is 21.4 Å². The van der Waals surface area contributed by atoms with Crippen molar-refractivity contribution in [3.05, 3.63) is 10.1 Å². The maximum absolute atomic E-state index is 11.7. The number of hydrogen-bond donors (Lipinski definition) is 0. The van der Waals surface area contributed by atoms with E-state index in [-0.39, 0.29) is 19.6 Å². The smallest absolute Gasteiger partial charge is 0.411 e. The maximum atomic E-state index is 11.7. The van der Waals surface area contributed by atoms with E-state index in [4.69, 9.17) is 5.26 Å². The van der Waals surface area contributed by atoms with Gasteiger partial charge in [-0.3, -0.25) is 10.1 Å². The SMILES string of the molecule is CCOC(=O)C(CCC#N)(C(=O)OCC)[N+](=O)[O-]. The summed E-state index contributed by atoms with van der Waals surface area (Å²) < 4.78 is 9.08. The molecule has 0 fully saturated rings. The summed E-state index contributed by atoms with van der Waals surface area (Å²) in [6.07, 6.45) is -0.910. The third-order valence-electron chi connectivity index (χ3n) is 2.14. The first-order valence-corrected chi connectivity index (χ1v) is 5.33. The molecule has 0 atom stereocenters. The fourth-order valence-electron chi connectivity index (χ4n) is 1.27. The van der Waals surface area contributed by atoms with E-state index in [0.717, 1.165) is 0 Å². The summed E-state index contributed by atoms with van der Waals surface area (Å²) in [4.78, 5) is 33.3. The van der Waals surface area contributed by atoms with Gasteiger partial charge in [-0.1, -0.05) is 0 Å². The Morgan fingerprint density at radius 2 is 1.72 bits per heavy atom. The summed E-state index contributed by atoms with van der Waals surface area (Å²) in [5.74, 6) is -2.60. The molecule has 18 heavy (non-hydrogen) atoms. The van der Waals surface area contributed by atoms with Crippen molar-refractivity contribution < 1.29 is 24.0 Å². The van der Waals surface area contributed by atoms with Crippen molar-refractivity contribution in [2.45, 2.75) is 32.2 Å². The molecule has 0 amide bonds. The molecular weight excluding hydrogens is 244 g/mol. The second-order valence-corrected chi connectivity index (χ2v) is 3.22. The van der Waals surface area contributed by atoms with Gasteiger partial charge in [-0.15, -0.1) is 0 Å². The third kappa shape index (κ3) is 3.16. The van der Waals surface area contributed by atoms with Crippen molar-refractivity contribution in [2.24, 2.45) is 0 Å². The molecule has 0 unspecified atom stereocenters. The molecule has 8 nitrogen and oxygen atoms in total. The van der Waals surface area contributed by atoms with Crippen molar-refractivity contribution in [3.63, 3.8) is 0 Å². The van der Waals surface area contributed by atoms with Gasteiger partial charge in [-0.25, -0.2) is 9.59 Å². The molecule has 8 heteroatoms. The lowest BCUT2D eigenvalue weighted by molar-refractivity contribution is -0.542. The molecule has 0 N–H and O–H groups in total. The predicted molar refractivity (Wildman–Crippen MR) is 57.8 cm³/mol. The molecule has 0 aliphatic rings. The number of nitriles is 1. The number of esters is 2. The summed E-state index contributed by atoms with van der Waals surface area (Å²) in [7, 11) is 0. The monoisotopic (exact) mass is 258 g/mol. The van der Waals surface area contributed by atoms with Crippen LogP contribution in [0.4, 0.5) is 0 Å². The van der Waals surface area contributed by atoms with Gasteiger partial charge in [0.05, 0.1) is 30.6 Å². The Kier molecular flexibility index (Phi) is 6.34. The number of nitro groups is 1. The van der Waals surface area contributed by atoms with E-state index < -0.39 is 28.8 Å². The minimum absolute atomic E-state index is 0.111. The van der Waals surface area contributed by atoms with Crippen LogP contribution in [0.5, 0.6) is 0 Å². The van der Waals surface area contributed by atoms with Crippen LogP contribution >= 0.6 is 0 Å². The van der Waals surface area contributed by atoms with Gasteiger partial charge >= 0.3 is 17.5 Å². The molecule has 0 aliphatic heterocycles. The van der Waals surface area contributed by atoms with Crippen molar-refractivity contribution in [1.82, 2.24) is 0 Å². The molecule has 0 radical (unpaired) electrons. The number of carbonyl (C=O) groups excluding carboxylic acids is 2. The van der Waals surface area contributed by atoms with Gasteiger partial charge in [-0.2, -0.15) is 5.26 Å². The second-order valence-electron chi connectivity index (χ2n) is 3.22. The van der Waals surface area contributed by atoms with E-state index in [0.29, 0.717) is 0 Å². The van der Waals surface area contributed by atoms with Crippen LogP contribution in [0.1, 0.15) is 26.7 Å². The largest absolute Gasteiger partial charge is 0.460 e. The predicted octanol–water partition coefficient (Wildman–Crippen LogP) is 0.432. The topological polar surface area (TPSA) is 120 Å². The fraction of sp³-hybridized carbons (Fsp3) is 0.700. The third-order valence-corrected chi connectivity index (χ3v) is 2.14. The highest BCUT2D eigenvalue weighted by Crippen LogP contribution is 2.22. The van der Waals surface area contributed by atoms with Crippen molar-refractivity contribution in [1.29, 1.82) is 5.26 Å². The number of carbonyl (C=O) groups is 2. The van der Waals surface area contributed by atoms with Crippen molar-refractivity contribution in [3.8, 4) is 6.07 Å². The van der Waals surface area contributed by atoms with Crippen LogP contribution in [0.15, 0.2) is 0 Å². The molecule has 0 rings (SSSR count). The van der Waals surface area contributed by atoms with Crippen LogP contribution in [-0.4, -0.2) is 35.6 Å². The Labute approximate surface area is 104 Å². The summed E-state index contributed by atoms with van der Waals surface area (Å²) in [5, 5.41) is 19.5. The average molecular weight is 258 g/mol. The van der Waals surface area contributed by atoms with Crippen LogP contribution < -0.4 is 0 Å². The summed E-state index contributed by atoms with van der Waals surface area (Å²) in [5.41, 5.74) is -2.65. The summed E-state index contributed by atoms with van der Waals surface area (Å²) in [6, 6.07) is 1.65. The van der Waals surface area contributed by atoms with Gasteiger partial charge < -0.3 is 9.47 Å². The normalized spacial score (nSPS) is 10.3. The van der Waals surface area contributed by atoms with Gasteiger partial charge in [0.15, 0.2) is 0 Å². The molecule has 0 aromatic rings. The van der Waals surface area contributed by atoms with E-state index in [1.165, 1.54) is 13.8 Å². The number of ether oxygens (including phenoxy) is 2. The van der Waals surface area contributed by atoms with Gasteiger partial charge in [0.1, 0.15) is 0 Å². The second kappa shape index (κ2) is 7.21. The molecule has 0 aliphatic carbocycles. The maximum Gasteiger partial charge on any atom is 0.411 e. The van der Waals surface area contributed by atoms with Gasteiger partial charge in [-0.05, 0) is 13.8 Å². The lowest BCUT2D eigenvalue weighted by Crippen LogP contribution is -2.55. The first-order valence-electron chi connectivity index (χ1n) is 5.33. The molecule has 0 saturated heterocycles. The summed E-state index contributed by atoms with van der Waals surface area (Å²) >= 11 is 0. The quantitative estimate of drug-likeness (QED) is 0.281. The first-order chi connectivity index (χ1) is 8.47. The Hall–Kier alpha value is -2.17. The zero-order valence-electron chi connectivity index (χ0n) is 10.2. The highest BCUT2D eigenvalue weighted by atomic mass is 16.7. The van der Waals surface area contributed by atoms with Gasteiger partial charge in [0.2, 0.25) is 0 Å². The van der Waals surface area contributed by atoms with Crippen LogP contribution in [0.2, 0.25) is 0 Å². The number of rotatable bonds is 7. The van der Waals surface area contributed by atoms with Crippen molar-refractivity contribution >= 4 is 11.9 Å². The zero-order chi connectivity index (χ0) is 14.2. The van der Waals surface area contributed by atoms with Crippen LogP contribution in [0.25, 0.3) is 0 Å². The molecule has 0 spiro atoms. The van der Waals surface area contributed by atoms with E-state index in [2.05, 4.69) is 9.47 Å². The molecule has 100 valence electrons. The van der Waals surface area contributed by atoms with Crippen LogP contribution in [-0.2, 0) is 19.1 Å². The van der Waals surface area contributed by atoms with Crippen LogP contribution in [0.3, 0.4) is 0 Å². The minimum Gasteiger partial charge on any atom is -0.460 e. The molecule has 0 saturated carbocycles. The standard InChI is InChI=1S/C10H14N2O6/c1-3-17-8(13)10(12(15)16,6-5-7-11)9(14)18-4-2/h3-6H2,1-2H3. The number of hydrogen-bond acceptors (Lipinski definition) is 7. The lowest BCUT2D eigenvalue weighted by atomic mass is 9.94. The van der Waals surface area contributed by atoms with E-state index >= 15 is 0 Å². The first kappa shape index (κ1) is 15.8. The Morgan fingerprint density at radius 3 is 2.00 bits per heavy atom. The molecular formula is C10H14N2O6. The zero-order valence-corrected chi connectivity index (χ0v) is 10.2. The van der Waals surface area contributed by atoms with Gasteiger partial charge in [0.25, 0.3) is 0 Å². The fourth-order valence-corrected chi connectivity index (χ4v) is 1.27. The molecule has 0 heterocycles. The molecule has 0 bridgehead atoms. The highest BCUT2D eigenvalue weighted by molar-refractivity contribution is 6.03. The highest BCUT2D eigenvalue weighted by Gasteiger charge is 2.61. The van der Waals surface area contributed by atoms with Crippen molar-refractivity contribution in [2.75, 3.05) is 13.2 Å². The van der Waals surface area contributed by atoms with E-state index in [1.54, 1.807) is 6.07 Å². The summed E-state index contributed by atoms with van der Waals surface area (Å²) in [6.45, 7) is 2.69. The minimum atomic E-state index is -2.65. The Balaban J connectivity index is 5.42. The molecule has 0 aromatic carbocycles. The van der Waals surface area contributed by atoms with E-state index in [1.807, 2.05) is 0 Å². The van der Waals surface area contributed by atoms with Gasteiger partial charge in [0, 0.05) is 6.42 Å². The van der Waals surface area contributed by atoms with E-state index in [9.17, 15) is 19.7 Å². The Bertz CT molecular complexity index is 355. The number of nitrogens with zero attached hydrogens (tertiary/aromatic N) is 2. The lowest BCUT2D eigenvalue weighted by Gasteiger charge is -2.20. The Morgan fingerprint density at radius 1 is 1.28 bits per heavy atom. The molecule has 0 aromatic heterocycles. The average Bonchev–Trinajstić information content (AvgIpc) is 2.30.